The molecule has 2 aromatic rings. The van der Waals surface area contributed by atoms with Gasteiger partial charge in [-0.2, -0.15) is 13.2 Å². The van der Waals surface area contributed by atoms with Crippen LogP contribution in [0.3, 0.4) is 0 Å². The maximum absolute atomic E-state index is 13.9. The number of imidazole rings is 1. The second-order valence-electron chi connectivity index (χ2n) is 4.57. The Morgan fingerprint density at radius 3 is 2.55 bits per heavy atom. The lowest BCUT2D eigenvalue weighted by Crippen LogP contribution is -2.05. The van der Waals surface area contributed by atoms with Crippen molar-refractivity contribution < 1.29 is 17.6 Å². The van der Waals surface area contributed by atoms with E-state index < -0.39 is 17.7 Å². The standard InChI is InChI=1S/C12H8BrF4N3/c13-6-3-8(14)10(18-4-6)11-19-9(12(15,16)17)5-20(11)7-1-2-7/h3-5,7H,1-2H2. The number of hydrogen-bond acceptors (Lipinski definition) is 2. The van der Waals surface area contributed by atoms with E-state index in [0.717, 1.165) is 25.1 Å². The number of rotatable bonds is 2. The highest BCUT2D eigenvalue weighted by Gasteiger charge is 2.38. The first-order valence-corrected chi connectivity index (χ1v) is 6.63. The first-order chi connectivity index (χ1) is 9.36. The minimum atomic E-state index is -4.55. The third-order valence-corrected chi connectivity index (χ3v) is 3.42. The predicted molar refractivity (Wildman–Crippen MR) is 66.4 cm³/mol. The van der Waals surface area contributed by atoms with Crippen LogP contribution in [0.2, 0.25) is 0 Å². The molecular weight excluding hydrogens is 342 g/mol. The number of nitrogens with zero attached hydrogens (tertiary/aromatic N) is 3. The lowest BCUT2D eigenvalue weighted by atomic mass is 10.3. The van der Waals surface area contributed by atoms with Gasteiger partial charge in [0.1, 0.15) is 5.69 Å². The van der Waals surface area contributed by atoms with E-state index in [1.807, 2.05) is 0 Å². The third kappa shape index (κ3) is 2.44. The number of aromatic nitrogens is 3. The lowest BCUT2D eigenvalue weighted by Gasteiger charge is -2.06. The zero-order valence-corrected chi connectivity index (χ0v) is 11.5. The zero-order valence-electron chi connectivity index (χ0n) is 9.96. The van der Waals surface area contributed by atoms with Gasteiger partial charge in [-0.05, 0) is 34.8 Å². The quantitative estimate of drug-likeness (QED) is 0.760. The largest absolute Gasteiger partial charge is 0.434 e. The molecule has 2 heterocycles. The van der Waals surface area contributed by atoms with Crippen molar-refractivity contribution in [2.75, 3.05) is 0 Å². The minimum Gasteiger partial charge on any atom is -0.326 e. The molecule has 106 valence electrons. The van der Waals surface area contributed by atoms with Gasteiger partial charge in [-0.1, -0.05) is 0 Å². The smallest absolute Gasteiger partial charge is 0.326 e. The van der Waals surface area contributed by atoms with Crippen molar-refractivity contribution in [3.05, 3.63) is 34.4 Å². The van der Waals surface area contributed by atoms with E-state index >= 15 is 0 Å². The van der Waals surface area contributed by atoms with Crippen LogP contribution in [-0.2, 0) is 6.18 Å². The van der Waals surface area contributed by atoms with Crippen LogP contribution >= 0.6 is 15.9 Å². The van der Waals surface area contributed by atoms with E-state index in [1.165, 1.54) is 10.8 Å². The number of pyridine rings is 1. The van der Waals surface area contributed by atoms with E-state index in [0.29, 0.717) is 4.47 Å². The summed E-state index contributed by atoms with van der Waals surface area (Å²) in [7, 11) is 0. The Balaban J connectivity index is 2.14. The molecule has 0 spiro atoms. The van der Waals surface area contributed by atoms with Crippen molar-refractivity contribution in [2.45, 2.75) is 25.1 Å². The predicted octanol–water partition coefficient (Wildman–Crippen LogP) is 4.20. The first-order valence-electron chi connectivity index (χ1n) is 5.84. The molecule has 0 aliphatic heterocycles. The molecule has 0 aromatic carbocycles. The van der Waals surface area contributed by atoms with E-state index in [-0.39, 0.29) is 17.6 Å². The molecule has 1 saturated carbocycles. The number of alkyl halides is 3. The minimum absolute atomic E-state index is 0.0570. The van der Waals surface area contributed by atoms with Gasteiger partial charge >= 0.3 is 6.18 Å². The third-order valence-electron chi connectivity index (χ3n) is 2.98. The molecule has 3 nitrogen and oxygen atoms in total. The summed E-state index contributed by atoms with van der Waals surface area (Å²) in [5.74, 6) is -0.787. The summed E-state index contributed by atoms with van der Waals surface area (Å²) in [5, 5.41) is 0. The number of hydrogen-bond donors (Lipinski definition) is 0. The summed E-state index contributed by atoms with van der Waals surface area (Å²) < 4.78 is 53.9. The van der Waals surface area contributed by atoms with Gasteiger partial charge in [0.05, 0.1) is 0 Å². The molecule has 2 aromatic heterocycles. The van der Waals surface area contributed by atoms with E-state index in [2.05, 4.69) is 25.9 Å². The molecular formula is C12H8BrF4N3. The molecule has 20 heavy (non-hydrogen) atoms. The van der Waals surface area contributed by atoms with Crippen LogP contribution in [0.1, 0.15) is 24.6 Å². The molecule has 1 fully saturated rings. The molecule has 0 atom stereocenters. The van der Waals surface area contributed by atoms with Crippen molar-refractivity contribution in [3.63, 3.8) is 0 Å². The zero-order chi connectivity index (χ0) is 14.5. The molecule has 1 aliphatic carbocycles. The highest BCUT2D eigenvalue weighted by Crippen LogP contribution is 2.41. The fourth-order valence-electron chi connectivity index (χ4n) is 1.92. The summed E-state index contributed by atoms with van der Waals surface area (Å²) in [6.45, 7) is 0. The van der Waals surface area contributed by atoms with Gasteiger partial charge in [0.2, 0.25) is 0 Å². The van der Waals surface area contributed by atoms with Crippen LogP contribution in [0.15, 0.2) is 22.9 Å². The monoisotopic (exact) mass is 349 g/mol. The molecule has 0 saturated heterocycles. The highest BCUT2D eigenvalue weighted by atomic mass is 79.9. The van der Waals surface area contributed by atoms with Crippen molar-refractivity contribution in [3.8, 4) is 11.5 Å². The second kappa shape index (κ2) is 4.54. The molecule has 0 N–H and O–H groups in total. The van der Waals surface area contributed by atoms with Crippen molar-refractivity contribution in [2.24, 2.45) is 0 Å². The van der Waals surface area contributed by atoms with Gasteiger partial charge in [0.25, 0.3) is 0 Å². The van der Waals surface area contributed by atoms with Crippen LogP contribution in [0, 0.1) is 5.82 Å². The molecule has 1 aliphatic rings. The van der Waals surface area contributed by atoms with Gasteiger partial charge in [-0.15, -0.1) is 0 Å². The Bertz CT molecular complexity index is 661. The van der Waals surface area contributed by atoms with Crippen LogP contribution < -0.4 is 0 Å². The topological polar surface area (TPSA) is 30.7 Å². The maximum atomic E-state index is 13.9. The van der Waals surface area contributed by atoms with Crippen LogP contribution in [0.25, 0.3) is 11.5 Å². The first kappa shape index (κ1) is 13.5. The molecule has 8 heteroatoms. The SMILES string of the molecule is Fc1cc(Br)cnc1-c1nc(C(F)(F)F)cn1C1CC1. The summed E-state index contributed by atoms with van der Waals surface area (Å²) in [6.07, 6.45) is -0.772. The molecule has 0 amide bonds. The Hall–Kier alpha value is -1.44. The van der Waals surface area contributed by atoms with Crippen LogP contribution in [-0.4, -0.2) is 14.5 Å². The normalized spacial score (nSPS) is 15.7. The van der Waals surface area contributed by atoms with Gasteiger partial charge in [-0.3, -0.25) is 0 Å². The summed E-state index contributed by atoms with van der Waals surface area (Å²) in [6, 6.07) is 1.10. The van der Waals surface area contributed by atoms with Crippen LogP contribution in [0.5, 0.6) is 0 Å². The Morgan fingerprint density at radius 1 is 1.30 bits per heavy atom. The molecule has 0 radical (unpaired) electrons. The lowest BCUT2D eigenvalue weighted by molar-refractivity contribution is -0.140. The maximum Gasteiger partial charge on any atom is 0.434 e. The Kier molecular flexibility index (Phi) is 3.07. The van der Waals surface area contributed by atoms with E-state index in [9.17, 15) is 17.6 Å². The highest BCUT2D eigenvalue weighted by molar-refractivity contribution is 9.10. The summed E-state index contributed by atoms with van der Waals surface area (Å²) >= 11 is 3.06. The molecule has 0 unspecified atom stereocenters. The second-order valence-corrected chi connectivity index (χ2v) is 5.49. The summed E-state index contributed by atoms with van der Waals surface area (Å²) in [5.41, 5.74) is -1.20. The number of halogens is 5. The van der Waals surface area contributed by atoms with Crippen molar-refractivity contribution >= 4 is 15.9 Å². The molecule has 0 bridgehead atoms. The van der Waals surface area contributed by atoms with Crippen molar-refractivity contribution in [1.29, 1.82) is 0 Å². The van der Waals surface area contributed by atoms with Crippen molar-refractivity contribution in [1.82, 2.24) is 14.5 Å². The summed E-state index contributed by atoms with van der Waals surface area (Å²) in [4.78, 5) is 7.37. The van der Waals surface area contributed by atoms with Gasteiger partial charge in [-0.25, -0.2) is 14.4 Å². The van der Waals surface area contributed by atoms with E-state index in [1.54, 1.807) is 0 Å². The van der Waals surface area contributed by atoms with Gasteiger partial charge in [0, 0.05) is 22.9 Å². The Morgan fingerprint density at radius 2 is 2.00 bits per heavy atom. The average molecular weight is 350 g/mol. The fraction of sp³-hybridized carbons (Fsp3) is 0.333. The fourth-order valence-corrected chi connectivity index (χ4v) is 2.22. The Labute approximate surface area is 119 Å². The van der Waals surface area contributed by atoms with Crippen LogP contribution in [0.4, 0.5) is 17.6 Å². The van der Waals surface area contributed by atoms with Gasteiger partial charge in [0.15, 0.2) is 17.3 Å². The average Bonchev–Trinajstić information content (AvgIpc) is 3.08. The van der Waals surface area contributed by atoms with Gasteiger partial charge < -0.3 is 4.57 Å². The molecule has 3 rings (SSSR count). The van der Waals surface area contributed by atoms with E-state index in [4.69, 9.17) is 0 Å².